The van der Waals surface area contributed by atoms with Gasteiger partial charge in [-0.2, -0.15) is 0 Å². The molecule has 2 aromatic heterocycles. The van der Waals surface area contributed by atoms with Gasteiger partial charge in [0.05, 0.1) is 24.9 Å². The summed E-state index contributed by atoms with van der Waals surface area (Å²) in [7, 11) is 3.73. The van der Waals surface area contributed by atoms with Gasteiger partial charge in [0, 0.05) is 38.4 Å². The summed E-state index contributed by atoms with van der Waals surface area (Å²) >= 11 is 0. The summed E-state index contributed by atoms with van der Waals surface area (Å²) in [5, 5.41) is 0. The van der Waals surface area contributed by atoms with Crippen LogP contribution in [0.1, 0.15) is 29.8 Å². The molecule has 0 aliphatic carbocycles. The highest BCUT2D eigenvalue weighted by atomic mass is 16.5. The fourth-order valence-electron chi connectivity index (χ4n) is 4.14. The Hall–Kier alpha value is -2.99. The predicted molar refractivity (Wildman–Crippen MR) is 118 cm³/mol. The van der Waals surface area contributed by atoms with Gasteiger partial charge in [-0.15, -0.1) is 0 Å². The molecule has 1 fully saturated rings. The molecule has 30 heavy (non-hydrogen) atoms. The number of nitrogens with zero attached hydrogens (tertiary/aromatic N) is 3. The largest absolute Gasteiger partial charge is 0.497 e. The van der Waals surface area contributed by atoms with E-state index in [-0.39, 0.29) is 18.1 Å². The summed E-state index contributed by atoms with van der Waals surface area (Å²) in [6.45, 7) is 6.02. The molecule has 6 heteroatoms. The van der Waals surface area contributed by atoms with E-state index in [0.29, 0.717) is 18.7 Å². The van der Waals surface area contributed by atoms with Gasteiger partial charge in [-0.05, 0) is 55.8 Å². The quantitative estimate of drug-likeness (QED) is 0.645. The van der Waals surface area contributed by atoms with Crippen LogP contribution in [-0.2, 0) is 11.3 Å². The Balaban J connectivity index is 1.56. The zero-order valence-corrected chi connectivity index (χ0v) is 18.0. The fraction of sp³-hybridized carbons (Fsp3) is 0.375. The number of methoxy groups -OCH3 is 1. The number of carbonyl (C=O) groups is 1. The Morgan fingerprint density at radius 3 is 2.40 bits per heavy atom. The van der Waals surface area contributed by atoms with Crippen molar-refractivity contribution in [2.75, 3.05) is 32.1 Å². The number of carbonyl (C=O) groups excluding carboxylic acids is 1. The van der Waals surface area contributed by atoms with Gasteiger partial charge in [0.2, 0.25) is 0 Å². The minimum atomic E-state index is 0.0522. The van der Waals surface area contributed by atoms with Crippen molar-refractivity contribution >= 4 is 17.2 Å². The molecular weight excluding hydrogens is 378 g/mol. The van der Waals surface area contributed by atoms with Crippen molar-refractivity contribution in [1.82, 2.24) is 9.30 Å². The number of ether oxygens (including phenoxy) is 2. The molecule has 1 amide bonds. The third-order valence-corrected chi connectivity index (χ3v) is 5.55. The highest BCUT2D eigenvalue weighted by molar-refractivity contribution is 5.94. The first-order chi connectivity index (χ1) is 14.4. The molecule has 0 spiro atoms. The van der Waals surface area contributed by atoms with Crippen molar-refractivity contribution in [2.24, 2.45) is 0 Å². The molecule has 2 atom stereocenters. The van der Waals surface area contributed by atoms with Crippen LogP contribution in [0.5, 0.6) is 5.75 Å². The Morgan fingerprint density at radius 1 is 1.07 bits per heavy atom. The number of pyridine rings is 1. The molecule has 4 rings (SSSR count). The molecule has 1 aliphatic heterocycles. The Kier molecular flexibility index (Phi) is 5.68. The smallest absolute Gasteiger partial charge is 0.255 e. The number of amides is 1. The van der Waals surface area contributed by atoms with E-state index < -0.39 is 0 Å². The summed E-state index contributed by atoms with van der Waals surface area (Å²) in [5.74, 6) is 1.94. The molecule has 3 heterocycles. The molecule has 0 radical (unpaired) electrons. The molecule has 3 aromatic rings. The van der Waals surface area contributed by atoms with E-state index in [1.54, 1.807) is 7.11 Å². The lowest BCUT2D eigenvalue weighted by Crippen LogP contribution is -2.48. The monoisotopic (exact) mass is 407 g/mol. The van der Waals surface area contributed by atoms with Gasteiger partial charge in [0.25, 0.3) is 5.91 Å². The number of morpholine rings is 1. The number of rotatable bonds is 5. The van der Waals surface area contributed by atoms with Crippen LogP contribution in [-0.4, -0.2) is 54.7 Å². The first-order valence-electron chi connectivity index (χ1n) is 10.3. The molecule has 1 aromatic carbocycles. The van der Waals surface area contributed by atoms with Crippen LogP contribution in [0.2, 0.25) is 0 Å². The third-order valence-electron chi connectivity index (χ3n) is 5.55. The lowest BCUT2D eigenvalue weighted by molar-refractivity contribution is -0.0586. The standard InChI is InChI=1S/C24H29N3O3/c1-17-13-26(14-18(2)30-17)24(28)20-7-8-21-9-12-23(27(21)16-20)25(3)15-19-5-10-22(29-4)11-6-19/h5-12,16-18H,13-15H2,1-4H3. The number of fused-ring (bicyclic) bond motifs is 1. The molecule has 1 aliphatic rings. The maximum Gasteiger partial charge on any atom is 0.255 e. The minimum Gasteiger partial charge on any atom is -0.497 e. The maximum atomic E-state index is 13.1. The van der Waals surface area contributed by atoms with E-state index in [4.69, 9.17) is 9.47 Å². The summed E-state index contributed by atoms with van der Waals surface area (Å²) in [6, 6.07) is 16.2. The minimum absolute atomic E-state index is 0.0522. The first-order valence-corrected chi connectivity index (χ1v) is 10.3. The number of aromatic nitrogens is 1. The van der Waals surface area contributed by atoms with Crippen LogP contribution in [0.25, 0.3) is 5.52 Å². The van der Waals surface area contributed by atoms with E-state index in [1.165, 1.54) is 5.56 Å². The van der Waals surface area contributed by atoms with Crippen molar-refractivity contribution in [3.8, 4) is 5.75 Å². The van der Waals surface area contributed by atoms with Crippen LogP contribution in [0.3, 0.4) is 0 Å². The van der Waals surface area contributed by atoms with E-state index in [9.17, 15) is 4.79 Å². The van der Waals surface area contributed by atoms with Crippen molar-refractivity contribution in [3.63, 3.8) is 0 Å². The average molecular weight is 408 g/mol. The zero-order chi connectivity index (χ0) is 21.3. The number of hydrogen-bond acceptors (Lipinski definition) is 4. The summed E-state index contributed by atoms with van der Waals surface area (Å²) < 4.78 is 13.1. The number of hydrogen-bond donors (Lipinski definition) is 0. The summed E-state index contributed by atoms with van der Waals surface area (Å²) in [5.41, 5.74) is 2.95. The van der Waals surface area contributed by atoms with E-state index in [0.717, 1.165) is 23.6 Å². The average Bonchev–Trinajstić information content (AvgIpc) is 3.16. The van der Waals surface area contributed by atoms with Crippen molar-refractivity contribution < 1.29 is 14.3 Å². The second-order valence-corrected chi connectivity index (χ2v) is 8.08. The Bertz CT molecular complexity index is 1020. The lowest BCUT2D eigenvalue weighted by atomic mass is 10.2. The highest BCUT2D eigenvalue weighted by Crippen LogP contribution is 2.23. The SMILES string of the molecule is COc1ccc(CN(C)c2ccc3ccc(C(=O)N4CC(C)OC(C)C4)cn23)cc1. The van der Waals surface area contributed by atoms with Gasteiger partial charge in [-0.25, -0.2) is 0 Å². The van der Waals surface area contributed by atoms with Crippen LogP contribution in [0.15, 0.2) is 54.7 Å². The van der Waals surface area contributed by atoms with Gasteiger partial charge in [-0.3, -0.25) is 4.79 Å². The van der Waals surface area contributed by atoms with Crippen LogP contribution in [0.4, 0.5) is 5.82 Å². The van der Waals surface area contributed by atoms with E-state index >= 15 is 0 Å². The van der Waals surface area contributed by atoms with E-state index in [2.05, 4.69) is 40.6 Å². The third kappa shape index (κ3) is 4.14. The fourth-order valence-corrected chi connectivity index (χ4v) is 4.14. The van der Waals surface area contributed by atoms with Gasteiger partial charge in [0.1, 0.15) is 11.6 Å². The van der Waals surface area contributed by atoms with Gasteiger partial charge >= 0.3 is 0 Å². The van der Waals surface area contributed by atoms with Crippen molar-refractivity contribution in [1.29, 1.82) is 0 Å². The van der Waals surface area contributed by atoms with Gasteiger partial charge in [0.15, 0.2) is 0 Å². The molecule has 1 saturated heterocycles. The topological polar surface area (TPSA) is 46.4 Å². The molecule has 0 bridgehead atoms. The molecule has 6 nitrogen and oxygen atoms in total. The molecule has 0 N–H and O–H groups in total. The molecule has 158 valence electrons. The van der Waals surface area contributed by atoms with Gasteiger partial charge in [-0.1, -0.05) is 12.1 Å². The van der Waals surface area contributed by atoms with Crippen molar-refractivity contribution in [2.45, 2.75) is 32.6 Å². The van der Waals surface area contributed by atoms with Gasteiger partial charge < -0.3 is 23.7 Å². The van der Waals surface area contributed by atoms with Crippen molar-refractivity contribution in [3.05, 3.63) is 65.9 Å². The number of benzene rings is 1. The highest BCUT2D eigenvalue weighted by Gasteiger charge is 2.27. The Labute approximate surface area is 177 Å². The maximum absolute atomic E-state index is 13.1. The van der Waals surface area contributed by atoms with Crippen LogP contribution >= 0.6 is 0 Å². The first kappa shape index (κ1) is 20.3. The summed E-state index contributed by atoms with van der Waals surface area (Å²) in [4.78, 5) is 17.2. The zero-order valence-electron chi connectivity index (χ0n) is 18.0. The summed E-state index contributed by atoms with van der Waals surface area (Å²) in [6.07, 6.45) is 2.06. The second kappa shape index (κ2) is 8.40. The van der Waals surface area contributed by atoms with Crippen LogP contribution in [0, 0.1) is 0 Å². The number of anilines is 1. The lowest BCUT2D eigenvalue weighted by Gasteiger charge is -2.35. The predicted octanol–water partition coefficient (Wildman–Crippen LogP) is 3.83. The molecule has 2 unspecified atom stereocenters. The normalized spacial score (nSPS) is 19.1. The molecule has 0 saturated carbocycles. The van der Waals surface area contributed by atoms with E-state index in [1.807, 2.05) is 49.2 Å². The molecular formula is C24H29N3O3. The Morgan fingerprint density at radius 2 is 1.73 bits per heavy atom. The van der Waals surface area contributed by atoms with Crippen LogP contribution < -0.4 is 9.64 Å². The second-order valence-electron chi connectivity index (χ2n) is 8.08.